The van der Waals surface area contributed by atoms with Crippen LogP contribution in [0.15, 0.2) is 48.5 Å². The fourth-order valence-corrected chi connectivity index (χ4v) is 4.73. The number of ether oxygens (including phenoxy) is 2. The maximum absolute atomic E-state index is 12.8. The fourth-order valence-electron chi connectivity index (χ4n) is 3.76. The number of nitrogens with one attached hydrogen (secondary N) is 1. The van der Waals surface area contributed by atoms with Gasteiger partial charge in [0, 0.05) is 23.4 Å². The second-order valence-electron chi connectivity index (χ2n) is 7.66. The number of fused-ring (bicyclic) bond motifs is 1. The Balaban J connectivity index is 1.41. The molecule has 5 rings (SSSR count). The average molecular weight is 447 g/mol. The molecule has 32 heavy (non-hydrogen) atoms. The molecule has 1 aliphatic heterocycles. The van der Waals surface area contributed by atoms with Gasteiger partial charge in [0.05, 0.1) is 11.4 Å². The molecule has 0 aliphatic carbocycles. The topological polar surface area (TPSA) is 78.3 Å². The minimum absolute atomic E-state index is 0.167. The van der Waals surface area contributed by atoms with Crippen molar-refractivity contribution in [1.29, 1.82) is 0 Å². The van der Waals surface area contributed by atoms with Gasteiger partial charge in [0.15, 0.2) is 11.5 Å². The molecule has 8 heteroatoms. The summed E-state index contributed by atoms with van der Waals surface area (Å²) in [7, 11) is 0. The number of amides is 1. The molecule has 0 bridgehead atoms. The molecule has 162 valence electrons. The lowest BCUT2D eigenvalue weighted by atomic mass is 10.0. The minimum atomic E-state index is -0.167. The molecule has 0 spiro atoms. The Morgan fingerprint density at radius 3 is 2.66 bits per heavy atom. The van der Waals surface area contributed by atoms with E-state index in [1.807, 2.05) is 74.0 Å². The monoisotopic (exact) mass is 446 g/mol. The van der Waals surface area contributed by atoms with Crippen molar-refractivity contribution in [3.63, 3.8) is 0 Å². The molecule has 0 saturated heterocycles. The summed E-state index contributed by atoms with van der Waals surface area (Å²) in [6.45, 7) is 6.13. The van der Waals surface area contributed by atoms with Crippen LogP contribution >= 0.6 is 11.3 Å². The van der Waals surface area contributed by atoms with Crippen LogP contribution in [0.3, 0.4) is 0 Å². The van der Waals surface area contributed by atoms with Crippen molar-refractivity contribution in [2.45, 2.75) is 27.2 Å². The van der Waals surface area contributed by atoms with Crippen LogP contribution in [-0.4, -0.2) is 27.5 Å². The van der Waals surface area contributed by atoms with Gasteiger partial charge < -0.3 is 14.8 Å². The third kappa shape index (κ3) is 3.73. The molecule has 1 aliphatic rings. The summed E-state index contributed by atoms with van der Waals surface area (Å²) in [6.07, 6.45) is 0.722. The summed E-state index contributed by atoms with van der Waals surface area (Å²) in [6, 6.07) is 15.4. The summed E-state index contributed by atoms with van der Waals surface area (Å²) in [5.41, 5.74) is 5.63. The number of aromatic nitrogens is 3. The Kier molecular flexibility index (Phi) is 5.14. The second kappa shape index (κ2) is 8.12. The van der Waals surface area contributed by atoms with E-state index in [1.165, 1.54) is 11.3 Å². The van der Waals surface area contributed by atoms with Gasteiger partial charge in [-0.05, 0) is 50.6 Å². The summed E-state index contributed by atoms with van der Waals surface area (Å²) in [5, 5.41) is 8.33. The lowest BCUT2D eigenvalue weighted by Crippen LogP contribution is -2.11. The van der Waals surface area contributed by atoms with E-state index in [2.05, 4.69) is 10.3 Å². The number of hydrogen-bond acceptors (Lipinski definition) is 6. The lowest BCUT2D eigenvalue weighted by Gasteiger charge is -2.05. The minimum Gasteiger partial charge on any atom is -0.454 e. The van der Waals surface area contributed by atoms with E-state index in [-0.39, 0.29) is 12.7 Å². The highest BCUT2D eigenvalue weighted by Crippen LogP contribution is 2.34. The molecule has 0 fully saturated rings. The summed E-state index contributed by atoms with van der Waals surface area (Å²) >= 11 is 1.34. The van der Waals surface area contributed by atoms with Gasteiger partial charge in [-0.3, -0.25) is 4.79 Å². The molecule has 0 radical (unpaired) electrons. The van der Waals surface area contributed by atoms with Crippen LogP contribution in [-0.2, 0) is 6.42 Å². The molecule has 1 N–H and O–H groups in total. The van der Waals surface area contributed by atoms with Crippen LogP contribution in [0.1, 0.15) is 37.9 Å². The predicted molar refractivity (Wildman–Crippen MR) is 123 cm³/mol. The third-order valence-electron chi connectivity index (χ3n) is 5.46. The number of carbonyl (C=O) groups excluding carboxylic acids is 1. The van der Waals surface area contributed by atoms with E-state index < -0.39 is 0 Å². The van der Waals surface area contributed by atoms with Gasteiger partial charge in [0.1, 0.15) is 4.88 Å². The highest BCUT2D eigenvalue weighted by molar-refractivity contribution is 7.16. The molecular weight excluding hydrogens is 424 g/mol. The number of carbonyl (C=O) groups is 1. The molecule has 0 atom stereocenters. The number of benzene rings is 2. The first-order valence-corrected chi connectivity index (χ1v) is 11.1. The zero-order valence-electron chi connectivity index (χ0n) is 18.0. The summed E-state index contributed by atoms with van der Waals surface area (Å²) < 4.78 is 12.7. The Morgan fingerprint density at radius 1 is 1.06 bits per heavy atom. The van der Waals surface area contributed by atoms with E-state index in [0.717, 1.165) is 46.1 Å². The van der Waals surface area contributed by atoms with Gasteiger partial charge in [-0.1, -0.05) is 35.6 Å². The molecule has 0 unspecified atom stereocenters. The van der Waals surface area contributed by atoms with Gasteiger partial charge in [-0.25, -0.2) is 9.67 Å². The molecule has 1 amide bonds. The largest absolute Gasteiger partial charge is 0.454 e. The first-order chi connectivity index (χ1) is 15.5. The summed E-state index contributed by atoms with van der Waals surface area (Å²) in [4.78, 5) is 18.0. The van der Waals surface area contributed by atoms with Crippen LogP contribution in [0, 0.1) is 20.8 Å². The third-order valence-corrected chi connectivity index (χ3v) is 6.60. The predicted octanol–water partition coefficient (Wildman–Crippen LogP) is 4.83. The first kappa shape index (κ1) is 20.3. The molecule has 3 heterocycles. The zero-order valence-corrected chi connectivity index (χ0v) is 18.8. The van der Waals surface area contributed by atoms with Crippen molar-refractivity contribution in [1.82, 2.24) is 14.8 Å². The van der Waals surface area contributed by atoms with Gasteiger partial charge >= 0.3 is 0 Å². The van der Waals surface area contributed by atoms with Crippen LogP contribution in [0.2, 0.25) is 0 Å². The maximum Gasteiger partial charge on any atom is 0.267 e. The molecular formula is C24H22N4O3S. The van der Waals surface area contributed by atoms with Crippen molar-refractivity contribution >= 4 is 22.9 Å². The van der Waals surface area contributed by atoms with E-state index in [9.17, 15) is 4.79 Å². The van der Waals surface area contributed by atoms with Crippen molar-refractivity contribution in [3.05, 3.63) is 81.6 Å². The molecule has 2 aromatic carbocycles. The average Bonchev–Trinajstić information content (AvgIpc) is 3.48. The van der Waals surface area contributed by atoms with Crippen LogP contribution in [0.4, 0.5) is 5.69 Å². The standard InChI is InChI=1S/C24H22N4O3S/c1-14-19(11-17-9-10-20-21(12-17)31-13-30-20)16(3)28(27-14)24-25-15(2)22(32-24)23(29)26-18-7-5-4-6-8-18/h4-10,12H,11,13H2,1-3H3,(H,26,29). The van der Waals surface area contributed by atoms with Crippen molar-refractivity contribution in [2.75, 3.05) is 12.1 Å². The van der Waals surface area contributed by atoms with Crippen LogP contribution < -0.4 is 14.8 Å². The summed E-state index contributed by atoms with van der Waals surface area (Å²) in [5.74, 6) is 1.38. The SMILES string of the molecule is Cc1nc(-n2nc(C)c(Cc3ccc4c(c3)OCO4)c2C)sc1C(=O)Nc1ccccc1. The van der Waals surface area contributed by atoms with Gasteiger partial charge in [-0.15, -0.1) is 0 Å². The molecule has 2 aromatic heterocycles. The normalized spacial score (nSPS) is 12.2. The Labute approximate surface area is 189 Å². The maximum atomic E-state index is 12.8. The van der Waals surface area contributed by atoms with Gasteiger partial charge in [0.2, 0.25) is 11.9 Å². The number of thiazole rings is 1. The number of aryl methyl sites for hydroxylation is 2. The highest BCUT2D eigenvalue weighted by atomic mass is 32.1. The number of para-hydroxylation sites is 1. The molecule has 7 nitrogen and oxygen atoms in total. The zero-order chi connectivity index (χ0) is 22.2. The van der Waals surface area contributed by atoms with E-state index in [1.54, 1.807) is 0 Å². The smallest absolute Gasteiger partial charge is 0.267 e. The number of nitrogens with zero attached hydrogens (tertiary/aromatic N) is 3. The van der Waals surface area contributed by atoms with Crippen molar-refractivity contribution in [3.8, 4) is 16.6 Å². The van der Waals surface area contributed by atoms with Crippen molar-refractivity contribution < 1.29 is 14.3 Å². The lowest BCUT2D eigenvalue weighted by molar-refractivity contribution is 0.103. The van der Waals surface area contributed by atoms with E-state index >= 15 is 0 Å². The number of anilines is 1. The Morgan fingerprint density at radius 2 is 1.84 bits per heavy atom. The van der Waals surface area contributed by atoms with E-state index in [4.69, 9.17) is 14.6 Å². The highest BCUT2D eigenvalue weighted by Gasteiger charge is 2.21. The number of hydrogen-bond donors (Lipinski definition) is 1. The molecule has 0 saturated carbocycles. The van der Waals surface area contributed by atoms with E-state index in [0.29, 0.717) is 15.7 Å². The fraction of sp³-hybridized carbons (Fsp3) is 0.208. The van der Waals surface area contributed by atoms with Crippen molar-refractivity contribution in [2.24, 2.45) is 0 Å². The molecule has 4 aromatic rings. The number of rotatable bonds is 5. The second-order valence-corrected chi connectivity index (χ2v) is 8.63. The first-order valence-electron chi connectivity index (χ1n) is 10.3. The van der Waals surface area contributed by atoms with Gasteiger partial charge in [0.25, 0.3) is 5.91 Å². The van der Waals surface area contributed by atoms with Crippen LogP contribution in [0.25, 0.3) is 5.13 Å². The quantitative estimate of drug-likeness (QED) is 0.475. The Hall–Kier alpha value is -3.65. The van der Waals surface area contributed by atoms with Gasteiger partial charge in [-0.2, -0.15) is 5.10 Å². The Bertz CT molecular complexity index is 1310. The van der Waals surface area contributed by atoms with Crippen LogP contribution in [0.5, 0.6) is 11.5 Å².